The molecule has 4 aromatic rings. The highest BCUT2D eigenvalue weighted by atomic mass is 32.1. The molecule has 7 heteroatoms. The number of hydrogen-bond acceptors (Lipinski definition) is 6. The molecule has 0 bridgehead atoms. The van der Waals surface area contributed by atoms with Gasteiger partial charge in [-0.1, -0.05) is 12.1 Å². The molecule has 0 spiro atoms. The summed E-state index contributed by atoms with van der Waals surface area (Å²) < 4.78 is 14.9. The molecule has 2 aromatic carbocycles. The largest absolute Gasteiger partial charge is 0.494 e. The number of nitrogens with zero attached hydrogens (tertiary/aromatic N) is 3. The summed E-state index contributed by atoms with van der Waals surface area (Å²) in [5.41, 5.74) is 3.47. The van der Waals surface area contributed by atoms with Gasteiger partial charge in [-0.15, -0.1) is 11.3 Å². The van der Waals surface area contributed by atoms with Gasteiger partial charge in [0.05, 0.1) is 18.7 Å². The smallest absolute Gasteiger partial charge is 0.252 e. The molecule has 0 N–H and O–H groups in total. The van der Waals surface area contributed by atoms with Gasteiger partial charge in [0.15, 0.2) is 0 Å². The van der Waals surface area contributed by atoms with Crippen molar-refractivity contribution in [1.82, 2.24) is 9.47 Å². The Morgan fingerprint density at radius 3 is 2.68 bits per heavy atom. The second kappa shape index (κ2) is 11.1. The molecule has 2 aliphatic rings. The molecule has 0 amide bonds. The zero-order valence-corrected chi connectivity index (χ0v) is 21.9. The van der Waals surface area contributed by atoms with Crippen molar-refractivity contribution in [3.8, 4) is 5.75 Å². The molecule has 192 valence electrons. The van der Waals surface area contributed by atoms with E-state index in [1.54, 1.807) is 10.6 Å². The van der Waals surface area contributed by atoms with Crippen LogP contribution in [0.1, 0.15) is 19.3 Å². The molecule has 1 aliphatic heterocycles. The monoisotopic (exact) mass is 515 g/mol. The summed E-state index contributed by atoms with van der Waals surface area (Å²) in [4.78, 5) is 17.5. The molecular formula is C30H33N3O3S. The van der Waals surface area contributed by atoms with Crippen LogP contribution in [0.2, 0.25) is 0 Å². The van der Waals surface area contributed by atoms with Crippen molar-refractivity contribution in [3.63, 3.8) is 0 Å². The van der Waals surface area contributed by atoms with Crippen LogP contribution >= 0.6 is 11.3 Å². The van der Waals surface area contributed by atoms with Gasteiger partial charge in [0.2, 0.25) is 0 Å². The zero-order valence-electron chi connectivity index (χ0n) is 21.1. The summed E-state index contributed by atoms with van der Waals surface area (Å²) in [5.74, 6) is 0.799. The average molecular weight is 516 g/mol. The Morgan fingerprint density at radius 2 is 1.81 bits per heavy atom. The van der Waals surface area contributed by atoms with Gasteiger partial charge in [0.1, 0.15) is 12.5 Å². The number of unbranched alkanes of at least 4 members (excludes halogenated alkanes) is 1. The van der Waals surface area contributed by atoms with Crippen molar-refractivity contribution in [2.75, 3.05) is 50.8 Å². The Morgan fingerprint density at radius 1 is 0.946 bits per heavy atom. The average Bonchev–Trinajstić information content (AvgIpc) is 3.63. The molecule has 0 unspecified atom stereocenters. The van der Waals surface area contributed by atoms with E-state index >= 15 is 0 Å². The van der Waals surface area contributed by atoms with Crippen molar-refractivity contribution >= 4 is 38.0 Å². The van der Waals surface area contributed by atoms with Crippen LogP contribution in [0.4, 0.5) is 5.69 Å². The predicted molar refractivity (Wildman–Crippen MR) is 152 cm³/mol. The van der Waals surface area contributed by atoms with Gasteiger partial charge in [0, 0.05) is 54.1 Å². The Hall–Kier alpha value is -3.13. The SMILES string of the molecule is O=c1ccc2ccc(OCCCCN3CCN(c4cccc5sccc45)CC3)cc2n1COCC1=CC1. The Labute approximate surface area is 221 Å². The lowest BCUT2D eigenvalue weighted by molar-refractivity contribution is 0.0976. The number of fused-ring (bicyclic) bond motifs is 2. The van der Waals surface area contributed by atoms with Crippen LogP contribution in [0.25, 0.3) is 21.0 Å². The van der Waals surface area contributed by atoms with E-state index in [9.17, 15) is 4.79 Å². The second-order valence-electron chi connectivity index (χ2n) is 9.86. The molecule has 6 rings (SSSR count). The second-order valence-corrected chi connectivity index (χ2v) is 10.8. The molecule has 3 heterocycles. The van der Waals surface area contributed by atoms with E-state index in [2.05, 4.69) is 45.5 Å². The molecule has 0 saturated carbocycles. The van der Waals surface area contributed by atoms with Crippen LogP contribution in [0.3, 0.4) is 0 Å². The Bertz CT molecular complexity index is 1470. The lowest BCUT2D eigenvalue weighted by atomic mass is 10.2. The van der Waals surface area contributed by atoms with Gasteiger partial charge in [-0.3, -0.25) is 14.3 Å². The number of pyridine rings is 1. The third-order valence-corrected chi connectivity index (χ3v) is 8.17. The minimum Gasteiger partial charge on any atom is -0.494 e. The molecule has 0 radical (unpaired) electrons. The maximum Gasteiger partial charge on any atom is 0.252 e. The number of rotatable bonds is 11. The van der Waals surface area contributed by atoms with Gasteiger partial charge in [-0.05, 0) is 78.5 Å². The predicted octanol–water partition coefficient (Wildman–Crippen LogP) is 5.50. The first kappa shape index (κ1) is 24.2. The van der Waals surface area contributed by atoms with E-state index < -0.39 is 0 Å². The van der Waals surface area contributed by atoms with E-state index in [-0.39, 0.29) is 12.3 Å². The van der Waals surface area contributed by atoms with Crippen molar-refractivity contribution in [2.45, 2.75) is 26.0 Å². The Balaban J connectivity index is 0.962. The molecule has 2 aromatic heterocycles. The topological polar surface area (TPSA) is 46.9 Å². The lowest BCUT2D eigenvalue weighted by Crippen LogP contribution is -2.46. The molecule has 1 aliphatic carbocycles. The molecule has 0 atom stereocenters. The number of piperazine rings is 1. The molecule has 1 saturated heterocycles. The van der Waals surface area contributed by atoms with E-state index in [0.29, 0.717) is 13.2 Å². The van der Waals surface area contributed by atoms with Gasteiger partial charge in [0.25, 0.3) is 5.56 Å². The van der Waals surface area contributed by atoms with Gasteiger partial charge < -0.3 is 14.4 Å². The first-order valence-corrected chi connectivity index (χ1v) is 14.1. The number of allylic oxidation sites excluding steroid dienone is 1. The van der Waals surface area contributed by atoms with Gasteiger partial charge in [-0.2, -0.15) is 0 Å². The van der Waals surface area contributed by atoms with E-state index in [4.69, 9.17) is 9.47 Å². The normalized spacial score (nSPS) is 15.9. The van der Waals surface area contributed by atoms with Crippen LogP contribution in [0, 0.1) is 0 Å². The summed E-state index contributed by atoms with van der Waals surface area (Å²) in [6.45, 7) is 6.98. The molecule has 37 heavy (non-hydrogen) atoms. The summed E-state index contributed by atoms with van der Waals surface area (Å²) >= 11 is 1.82. The molecule has 1 fully saturated rings. The quantitative estimate of drug-likeness (QED) is 0.195. The van der Waals surface area contributed by atoms with Gasteiger partial charge >= 0.3 is 0 Å². The fourth-order valence-electron chi connectivity index (χ4n) is 5.04. The molecule has 6 nitrogen and oxygen atoms in total. The maximum absolute atomic E-state index is 12.5. The number of thiophene rings is 1. The highest BCUT2D eigenvalue weighted by Crippen LogP contribution is 2.31. The fraction of sp³-hybridized carbons (Fsp3) is 0.367. The van der Waals surface area contributed by atoms with Crippen LogP contribution in [0.15, 0.2) is 76.4 Å². The Kier molecular flexibility index (Phi) is 7.26. The summed E-state index contributed by atoms with van der Waals surface area (Å²) in [7, 11) is 0. The first-order chi connectivity index (χ1) is 18.2. The van der Waals surface area contributed by atoms with E-state index in [0.717, 1.165) is 68.6 Å². The van der Waals surface area contributed by atoms with Crippen LogP contribution < -0.4 is 15.2 Å². The highest BCUT2D eigenvalue weighted by molar-refractivity contribution is 7.17. The summed E-state index contributed by atoms with van der Waals surface area (Å²) in [5, 5.41) is 4.58. The number of benzene rings is 2. The van der Waals surface area contributed by atoms with E-state index in [1.807, 2.05) is 35.6 Å². The van der Waals surface area contributed by atoms with Crippen molar-refractivity contribution in [3.05, 3.63) is 82.0 Å². The van der Waals surface area contributed by atoms with Gasteiger partial charge in [-0.25, -0.2) is 0 Å². The lowest BCUT2D eigenvalue weighted by Gasteiger charge is -2.36. The van der Waals surface area contributed by atoms with E-state index in [1.165, 1.54) is 21.3 Å². The van der Waals surface area contributed by atoms with Crippen LogP contribution in [0.5, 0.6) is 5.75 Å². The number of hydrogen-bond donors (Lipinski definition) is 0. The van der Waals surface area contributed by atoms with Crippen molar-refractivity contribution < 1.29 is 9.47 Å². The highest BCUT2D eigenvalue weighted by Gasteiger charge is 2.18. The van der Waals surface area contributed by atoms with Crippen molar-refractivity contribution in [1.29, 1.82) is 0 Å². The third kappa shape index (κ3) is 5.74. The summed E-state index contributed by atoms with van der Waals surface area (Å²) in [6.07, 6.45) is 5.30. The van der Waals surface area contributed by atoms with Crippen LogP contribution in [-0.2, 0) is 11.5 Å². The standard InChI is InChI=1S/C30H33N3O3S/c34-30-11-9-24-8-10-25(20-28(24)33(30)22-35-21-23-6-7-23)36-18-2-1-13-31-14-16-32(17-15-31)27-4-3-5-29-26(27)12-19-37-29/h3-6,8-12,19-20H,1-2,7,13-18,21-22H2. The molecular weight excluding hydrogens is 482 g/mol. The number of aromatic nitrogens is 1. The third-order valence-electron chi connectivity index (χ3n) is 7.29. The first-order valence-electron chi connectivity index (χ1n) is 13.2. The summed E-state index contributed by atoms with van der Waals surface area (Å²) in [6, 6.07) is 18.3. The number of anilines is 1. The fourth-order valence-corrected chi connectivity index (χ4v) is 5.85. The minimum absolute atomic E-state index is 0.0541. The maximum atomic E-state index is 12.5. The zero-order chi connectivity index (χ0) is 25.0. The number of ether oxygens (including phenoxy) is 2. The minimum atomic E-state index is -0.0541. The van der Waals surface area contributed by atoms with Crippen LogP contribution in [-0.4, -0.2) is 55.4 Å². The van der Waals surface area contributed by atoms with Crippen molar-refractivity contribution in [2.24, 2.45) is 0 Å².